The molecule has 30 heavy (non-hydrogen) atoms. The molecular formula is C25H44O4S. The summed E-state index contributed by atoms with van der Waals surface area (Å²) in [6.07, 6.45) is 17.1. The zero-order chi connectivity index (χ0) is 22.2. The molecule has 0 saturated carbocycles. The van der Waals surface area contributed by atoms with Crippen LogP contribution in [-0.4, -0.2) is 18.4 Å². The Morgan fingerprint density at radius 1 is 0.800 bits per heavy atom. The van der Waals surface area contributed by atoms with Gasteiger partial charge in [0.2, 0.25) is 5.44 Å². The average molecular weight is 441 g/mol. The van der Waals surface area contributed by atoms with Crippen LogP contribution in [0.25, 0.3) is 0 Å². The quantitative estimate of drug-likeness (QED) is 0.190. The van der Waals surface area contributed by atoms with Gasteiger partial charge in [-0.2, -0.15) is 8.42 Å². The Kier molecular flexibility index (Phi) is 14.1. The van der Waals surface area contributed by atoms with Crippen molar-refractivity contribution in [1.82, 2.24) is 0 Å². The largest absolute Gasteiger partial charge is 0.472 e. The van der Waals surface area contributed by atoms with Crippen molar-refractivity contribution >= 4 is 10.1 Å². The Morgan fingerprint density at radius 3 is 1.87 bits per heavy atom. The van der Waals surface area contributed by atoms with Crippen molar-refractivity contribution in [3.05, 3.63) is 29.3 Å². The van der Waals surface area contributed by atoms with E-state index in [1.54, 1.807) is 6.92 Å². The number of hydrogen-bond acceptors (Lipinski definition) is 3. The third-order valence-corrected chi connectivity index (χ3v) is 6.76. The fraction of sp³-hybridized carbons (Fsp3) is 0.760. The number of ether oxygens (including phenoxy) is 1. The molecule has 1 unspecified atom stereocenters. The van der Waals surface area contributed by atoms with E-state index in [-0.39, 0.29) is 6.42 Å². The minimum Gasteiger partial charge on any atom is -0.472 e. The number of rotatable bonds is 18. The molecule has 4 nitrogen and oxygen atoms in total. The minimum absolute atomic E-state index is 0.217. The van der Waals surface area contributed by atoms with Crippen molar-refractivity contribution in [3.63, 3.8) is 0 Å². The van der Waals surface area contributed by atoms with Crippen LogP contribution >= 0.6 is 0 Å². The summed E-state index contributed by atoms with van der Waals surface area (Å²) in [5.41, 5.74) is 1.15. The van der Waals surface area contributed by atoms with E-state index in [1.165, 1.54) is 76.2 Å². The summed E-state index contributed by atoms with van der Waals surface area (Å²) < 4.78 is 38.3. The molecule has 5 heteroatoms. The molecular weight excluding hydrogens is 396 g/mol. The lowest BCUT2D eigenvalue weighted by Gasteiger charge is -2.18. The molecule has 0 aliphatic rings. The Labute approximate surface area is 185 Å². The van der Waals surface area contributed by atoms with Crippen molar-refractivity contribution in [1.29, 1.82) is 0 Å². The van der Waals surface area contributed by atoms with Crippen LogP contribution in [0.1, 0.15) is 115 Å². The van der Waals surface area contributed by atoms with Crippen molar-refractivity contribution in [2.45, 2.75) is 123 Å². The molecule has 0 heterocycles. The Hall–Kier alpha value is -1.07. The third-order valence-electron chi connectivity index (χ3n) is 5.67. The highest BCUT2D eigenvalue weighted by Crippen LogP contribution is 2.26. The third kappa shape index (κ3) is 11.4. The maximum Gasteiger partial charge on any atom is 0.303 e. The van der Waals surface area contributed by atoms with Gasteiger partial charge in [-0.05, 0) is 49.3 Å². The molecule has 0 saturated heterocycles. The van der Waals surface area contributed by atoms with Gasteiger partial charge >= 0.3 is 10.1 Å². The predicted molar refractivity (Wildman–Crippen MR) is 127 cm³/mol. The van der Waals surface area contributed by atoms with Gasteiger partial charge in [-0.3, -0.25) is 4.55 Å². The van der Waals surface area contributed by atoms with Crippen LogP contribution in [0.15, 0.2) is 18.2 Å². The summed E-state index contributed by atoms with van der Waals surface area (Å²) in [4.78, 5) is 0. The SMILES string of the molecule is CCCCCCCCc1ccc(OC(CC)S(=O)(=O)O)c(CCCCCCCC)c1. The second-order valence-corrected chi connectivity index (χ2v) is 10.0. The normalized spacial score (nSPS) is 12.8. The van der Waals surface area contributed by atoms with Crippen molar-refractivity contribution in [2.75, 3.05) is 0 Å². The number of hydrogen-bond donors (Lipinski definition) is 1. The van der Waals surface area contributed by atoms with E-state index in [0.29, 0.717) is 5.75 Å². The zero-order valence-electron chi connectivity index (χ0n) is 19.5. The van der Waals surface area contributed by atoms with E-state index >= 15 is 0 Å². The maximum absolute atomic E-state index is 11.6. The summed E-state index contributed by atoms with van der Waals surface area (Å²) in [5.74, 6) is 0.597. The molecule has 1 aromatic carbocycles. The van der Waals surface area contributed by atoms with E-state index < -0.39 is 15.6 Å². The van der Waals surface area contributed by atoms with Gasteiger partial charge in [0.15, 0.2) is 0 Å². The van der Waals surface area contributed by atoms with Crippen LogP contribution in [0.5, 0.6) is 5.75 Å². The van der Waals surface area contributed by atoms with Gasteiger partial charge in [-0.25, -0.2) is 0 Å². The molecule has 1 rings (SSSR count). The first-order valence-electron chi connectivity index (χ1n) is 12.2. The lowest BCUT2D eigenvalue weighted by atomic mass is 9.99. The zero-order valence-corrected chi connectivity index (χ0v) is 20.3. The fourth-order valence-electron chi connectivity index (χ4n) is 3.80. The van der Waals surface area contributed by atoms with Gasteiger partial charge in [-0.15, -0.1) is 0 Å². The van der Waals surface area contributed by atoms with Crippen LogP contribution in [-0.2, 0) is 23.0 Å². The number of benzene rings is 1. The van der Waals surface area contributed by atoms with Gasteiger partial charge in [0.1, 0.15) is 5.75 Å². The van der Waals surface area contributed by atoms with E-state index in [4.69, 9.17) is 4.74 Å². The first kappa shape index (κ1) is 27.0. The highest BCUT2D eigenvalue weighted by molar-refractivity contribution is 7.86. The van der Waals surface area contributed by atoms with Crippen molar-refractivity contribution in [3.8, 4) is 5.75 Å². The molecule has 1 atom stereocenters. The Morgan fingerprint density at radius 2 is 1.33 bits per heavy atom. The molecule has 1 N–H and O–H groups in total. The molecule has 0 fully saturated rings. The van der Waals surface area contributed by atoms with Crippen LogP contribution < -0.4 is 4.74 Å². The Bertz CT molecular complexity index is 670. The summed E-state index contributed by atoms with van der Waals surface area (Å²) in [5, 5.41) is 0. The molecule has 0 amide bonds. The first-order valence-corrected chi connectivity index (χ1v) is 13.7. The molecule has 0 aromatic heterocycles. The lowest BCUT2D eigenvalue weighted by molar-refractivity contribution is 0.250. The average Bonchev–Trinajstić information content (AvgIpc) is 2.71. The number of aryl methyl sites for hydroxylation is 2. The summed E-state index contributed by atoms with van der Waals surface area (Å²) in [6, 6.07) is 6.12. The van der Waals surface area contributed by atoms with E-state index in [1.807, 2.05) is 12.1 Å². The van der Waals surface area contributed by atoms with Gasteiger partial charge in [0, 0.05) is 0 Å². The second-order valence-electron chi connectivity index (χ2n) is 8.45. The fourth-order valence-corrected chi connectivity index (χ4v) is 4.45. The highest BCUT2D eigenvalue weighted by atomic mass is 32.2. The minimum atomic E-state index is -4.22. The van der Waals surface area contributed by atoms with E-state index in [2.05, 4.69) is 19.9 Å². The van der Waals surface area contributed by atoms with Crippen molar-refractivity contribution in [2.24, 2.45) is 0 Å². The topological polar surface area (TPSA) is 63.6 Å². The van der Waals surface area contributed by atoms with Crippen molar-refractivity contribution < 1.29 is 17.7 Å². The monoisotopic (exact) mass is 440 g/mol. The van der Waals surface area contributed by atoms with Crippen LogP contribution in [0.2, 0.25) is 0 Å². The molecule has 1 aromatic rings. The van der Waals surface area contributed by atoms with Crippen LogP contribution in [0.3, 0.4) is 0 Å². The van der Waals surface area contributed by atoms with Crippen LogP contribution in [0, 0.1) is 0 Å². The molecule has 0 aliphatic heterocycles. The predicted octanol–water partition coefficient (Wildman–Crippen LogP) is 7.50. The van der Waals surface area contributed by atoms with Gasteiger partial charge in [0.25, 0.3) is 0 Å². The lowest BCUT2D eigenvalue weighted by Crippen LogP contribution is -2.26. The van der Waals surface area contributed by atoms with E-state index in [9.17, 15) is 13.0 Å². The first-order chi connectivity index (χ1) is 14.4. The molecule has 0 aliphatic carbocycles. The van der Waals surface area contributed by atoms with Gasteiger partial charge in [-0.1, -0.05) is 97.1 Å². The standard InChI is InChI=1S/C25H44O4S/c1-4-7-9-11-13-15-17-22-19-20-24(29-25(6-3)30(26,27)28)23(21-22)18-16-14-12-10-8-5-2/h19-21,25H,4-18H2,1-3H3,(H,26,27,28). The summed E-state index contributed by atoms with van der Waals surface area (Å²) in [6.45, 7) is 6.16. The smallest absolute Gasteiger partial charge is 0.303 e. The van der Waals surface area contributed by atoms with Gasteiger partial charge in [0.05, 0.1) is 0 Å². The number of unbranched alkanes of at least 4 members (excludes halogenated alkanes) is 10. The Balaban J connectivity index is 2.74. The van der Waals surface area contributed by atoms with Gasteiger partial charge < -0.3 is 4.74 Å². The second kappa shape index (κ2) is 15.7. The maximum atomic E-state index is 11.6. The van der Waals surface area contributed by atoms with Crippen LogP contribution in [0.4, 0.5) is 0 Å². The molecule has 0 bridgehead atoms. The molecule has 0 radical (unpaired) electrons. The molecule has 174 valence electrons. The van der Waals surface area contributed by atoms with E-state index in [0.717, 1.165) is 24.8 Å². The summed E-state index contributed by atoms with van der Waals surface area (Å²) in [7, 11) is -4.22. The summed E-state index contributed by atoms with van der Waals surface area (Å²) >= 11 is 0. The molecule has 0 spiro atoms. The highest BCUT2D eigenvalue weighted by Gasteiger charge is 2.23.